The van der Waals surface area contributed by atoms with Gasteiger partial charge in [-0.25, -0.2) is 4.39 Å². The van der Waals surface area contributed by atoms with E-state index in [1.165, 1.54) is 12.1 Å². The number of carbonyl (C=O) groups excluding carboxylic acids is 1. The Labute approximate surface area is 145 Å². The van der Waals surface area contributed by atoms with Gasteiger partial charge in [0.15, 0.2) is 0 Å². The molecular weight excluding hydrogens is 317 g/mol. The van der Waals surface area contributed by atoms with Gasteiger partial charge >= 0.3 is 0 Å². The zero-order valence-electron chi connectivity index (χ0n) is 13.8. The van der Waals surface area contributed by atoms with Gasteiger partial charge in [-0.1, -0.05) is 30.3 Å². The van der Waals surface area contributed by atoms with Crippen molar-refractivity contribution >= 4 is 17.3 Å². The molecule has 0 aliphatic heterocycles. The molecule has 0 aliphatic rings. The van der Waals surface area contributed by atoms with E-state index in [0.29, 0.717) is 12.2 Å². The van der Waals surface area contributed by atoms with Crippen molar-refractivity contribution < 1.29 is 9.18 Å². The van der Waals surface area contributed by atoms with Crippen molar-refractivity contribution in [3.05, 3.63) is 90.0 Å². The number of nitrogens with zero attached hydrogens (tertiary/aromatic N) is 2. The highest BCUT2D eigenvalue weighted by Gasteiger charge is 2.15. The Morgan fingerprint density at radius 2 is 1.80 bits per heavy atom. The first kappa shape index (κ1) is 16.6. The third-order valence-electron chi connectivity index (χ3n) is 3.84. The predicted molar refractivity (Wildman–Crippen MR) is 97.1 cm³/mol. The summed E-state index contributed by atoms with van der Waals surface area (Å²) >= 11 is 0. The molecule has 3 aromatic rings. The Morgan fingerprint density at radius 1 is 1.08 bits per heavy atom. The first-order valence-corrected chi connectivity index (χ1v) is 7.91. The smallest absolute Gasteiger partial charge is 0.276 e. The van der Waals surface area contributed by atoms with Gasteiger partial charge in [-0.05, 0) is 42.0 Å². The molecular formula is C20H18FN3O. The van der Waals surface area contributed by atoms with E-state index in [9.17, 15) is 9.18 Å². The number of amides is 1. The zero-order valence-corrected chi connectivity index (χ0v) is 13.8. The third kappa shape index (κ3) is 4.20. The maximum Gasteiger partial charge on any atom is 0.276 e. The lowest BCUT2D eigenvalue weighted by atomic mass is 10.2. The summed E-state index contributed by atoms with van der Waals surface area (Å²) in [7, 11) is 1.72. The number of para-hydroxylation sites is 1. The van der Waals surface area contributed by atoms with E-state index in [-0.39, 0.29) is 11.7 Å². The van der Waals surface area contributed by atoms with Crippen molar-refractivity contribution in [2.45, 2.75) is 6.54 Å². The average molecular weight is 335 g/mol. The lowest BCUT2D eigenvalue weighted by molar-refractivity contribution is 0.0988. The van der Waals surface area contributed by atoms with Gasteiger partial charge in [-0.3, -0.25) is 9.78 Å². The van der Waals surface area contributed by atoms with Crippen LogP contribution in [0.2, 0.25) is 0 Å². The molecule has 0 saturated heterocycles. The first-order valence-electron chi connectivity index (χ1n) is 7.91. The molecule has 0 spiro atoms. The summed E-state index contributed by atoms with van der Waals surface area (Å²) in [6.45, 7) is 0.534. The first-order chi connectivity index (χ1) is 12.1. The fourth-order valence-electron chi connectivity index (χ4n) is 2.40. The van der Waals surface area contributed by atoms with Crippen molar-refractivity contribution in [1.82, 2.24) is 4.98 Å². The predicted octanol–water partition coefficient (Wildman–Crippen LogP) is 4.11. The van der Waals surface area contributed by atoms with Crippen LogP contribution in [0.1, 0.15) is 16.1 Å². The van der Waals surface area contributed by atoms with Crippen LogP contribution in [-0.2, 0) is 6.54 Å². The molecule has 0 atom stereocenters. The maximum absolute atomic E-state index is 12.9. The summed E-state index contributed by atoms with van der Waals surface area (Å²) in [4.78, 5) is 18.3. The summed E-state index contributed by atoms with van der Waals surface area (Å²) in [6.07, 6.45) is 1.60. The van der Waals surface area contributed by atoms with E-state index in [4.69, 9.17) is 0 Å². The standard InChI is InChI=1S/C20H18FN3O/c1-24(18-5-3-2-4-6-18)20(25)19-13-17(11-12-22-19)23-14-15-7-9-16(21)10-8-15/h2-13H,14H2,1H3,(H,22,23). The molecule has 126 valence electrons. The molecule has 25 heavy (non-hydrogen) atoms. The number of hydrogen-bond acceptors (Lipinski definition) is 3. The van der Waals surface area contributed by atoms with E-state index in [2.05, 4.69) is 10.3 Å². The molecule has 4 nitrogen and oxygen atoms in total. The zero-order chi connectivity index (χ0) is 17.6. The van der Waals surface area contributed by atoms with E-state index >= 15 is 0 Å². The van der Waals surface area contributed by atoms with Crippen LogP contribution in [0.5, 0.6) is 0 Å². The Kier molecular flexibility index (Phi) is 5.04. The second-order valence-corrected chi connectivity index (χ2v) is 5.61. The summed E-state index contributed by atoms with van der Waals surface area (Å²) in [5.74, 6) is -0.443. The molecule has 0 aliphatic carbocycles. The van der Waals surface area contributed by atoms with E-state index in [1.807, 2.05) is 30.3 Å². The Bertz CT molecular complexity index is 850. The van der Waals surface area contributed by atoms with Crippen molar-refractivity contribution in [3.8, 4) is 0 Å². The minimum absolute atomic E-state index is 0.184. The monoisotopic (exact) mass is 335 g/mol. The number of rotatable bonds is 5. The minimum Gasteiger partial charge on any atom is -0.381 e. The van der Waals surface area contributed by atoms with Gasteiger partial charge in [0, 0.05) is 31.2 Å². The van der Waals surface area contributed by atoms with Gasteiger partial charge in [0.1, 0.15) is 11.5 Å². The number of benzene rings is 2. The van der Waals surface area contributed by atoms with Gasteiger partial charge < -0.3 is 10.2 Å². The van der Waals surface area contributed by atoms with Gasteiger partial charge in [0.05, 0.1) is 0 Å². The highest BCUT2D eigenvalue weighted by molar-refractivity contribution is 6.04. The third-order valence-corrected chi connectivity index (χ3v) is 3.84. The van der Waals surface area contributed by atoms with Crippen LogP contribution in [0.15, 0.2) is 72.9 Å². The number of halogens is 1. The fourth-order valence-corrected chi connectivity index (χ4v) is 2.40. The van der Waals surface area contributed by atoms with Crippen molar-refractivity contribution in [2.75, 3.05) is 17.3 Å². The molecule has 1 heterocycles. The van der Waals surface area contributed by atoms with E-state index in [0.717, 1.165) is 16.9 Å². The molecule has 0 bridgehead atoms. The van der Waals surface area contributed by atoms with Crippen LogP contribution in [0.4, 0.5) is 15.8 Å². The van der Waals surface area contributed by atoms with E-state index < -0.39 is 0 Å². The van der Waals surface area contributed by atoms with Crippen LogP contribution in [0.25, 0.3) is 0 Å². The van der Waals surface area contributed by atoms with Crippen molar-refractivity contribution in [2.24, 2.45) is 0 Å². The Balaban J connectivity index is 1.70. The Hall–Kier alpha value is -3.21. The second kappa shape index (κ2) is 7.57. The van der Waals surface area contributed by atoms with Gasteiger partial charge in [-0.15, -0.1) is 0 Å². The van der Waals surface area contributed by atoms with Crippen LogP contribution >= 0.6 is 0 Å². The largest absolute Gasteiger partial charge is 0.381 e. The normalized spacial score (nSPS) is 10.3. The highest BCUT2D eigenvalue weighted by Crippen LogP contribution is 2.16. The minimum atomic E-state index is -0.260. The van der Waals surface area contributed by atoms with Crippen molar-refractivity contribution in [1.29, 1.82) is 0 Å². The molecule has 1 aromatic heterocycles. The lowest BCUT2D eigenvalue weighted by Crippen LogP contribution is -2.27. The van der Waals surface area contributed by atoms with Crippen LogP contribution in [0, 0.1) is 5.82 Å². The second-order valence-electron chi connectivity index (χ2n) is 5.61. The highest BCUT2D eigenvalue weighted by atomic mass is 19.1. The molecule has 0 unspecified atom stereocenters. The average Bonchev–Trinajstić information content (AvgIpc) is 2.67. The van der Waals surface area contributed by atoms with Crippen LogP contribution in [-0.4, -0.2) is 17.9 Å². The number of pyridine rings is 1. The SMILES string of the molecule is CN(C(=O)c1cc(NCc2ccc(F)cc2)ccn1)c1ccccc1. The maximum atomic E-state index is 12.9. The summed E-state index contributed by atoms with van der Waals surface area (Å²) in [5.41, 5.74) is 2.89. The molecule has 5 heteroatoms. The summed E-state index contributed by atoms with van der Waals surface area (Å²) < 4.78 is 12.9. The number of anilines is 2. The number of nitrogens with one attached hydrogen (secondary N) is 1. The summed E-state index contributed by atoms with van der Waals surface area (Å²) in [5, 5.41) is 3.22. The fraction of sp³-hybridized carbons (Fsp3) is 0.100. The molecule has 1 amide bonds. The quantitative estimate of drug-likeness (QED) is 0.763. The van der Waals surface area contributed by atoms with E-state index in [1.54, 1.807) is 42.4 Å². The molecule has 0 radical (unpaired) electrons. The lowest BCUT2D eigenvalue weighted by Gasteiger charge is -2.17. The topological polar surface area (TPSA) is 45.2 Å². The number of hydrogen-bond donors (Lipinski definition) is 1. The molecule has 1 N–H and O–H groups in total. The summed E-state index contributed by atoms with van der Waals surface area (Å²) in [6, 6.07) is 19.2. The van der Waals surface area contributed by atoms with Gasteiger partial charge in [0.2, 0.25) is 0 Å². The molecule has 0 fully saturated rings. The van der Waals surface area contributed by atoms with Crippen LogP contribution < -0.4 is 10.2 Å². The van der Waals surface area contributed by atoms with Gasteiger partial charge in [-0.2, -0.15) is 0 Å². The molecule has 0 saturated carbocycles. The Morgan fingerprint density at radius 3 is 2.52 bits per heavy atom. The molecule has 3 rings (SSSR count). The molecule has 2 aromatic carbocycles. The number of aromatic nitrogens is 1. The van der Waals surface area contributed by atoms with Crippen molar-refractivity contribution in [3.63, 3.8) is 0 Å². The number of carbonyl (C=O) groups is 1. The van der Waals surface area contributed by atoms with Crippen LogP contribution in [0.3, 0.4) is 0 Å². The van der Waals surface area contributed by atoms with Gasteiger partial charge in [0.25, 0.3) is 5.91 Å².